The molecular weight excluding hydrogens is 308 g/mol. The molecule has 0 saturated carbocycles. The number of hydrogen-bond acceptors (Lipinski definition) is 3. The molecule has 2 atom stereocenters. The SMILES string of the molecule is OC1CC[C@@H](Cc2ccc(-c3ccccc3)cc2)N1CN1CCCC1. The third-order valence-electron chi connectivity index (χ3n) is 5.70. The maximum atomic E-state index is 10.4. The molecule has 1 unspecified atom stereocenters. The van der Waals surface area contributed by atoms with Crippen LogP contribution in [-0.2, 0) is 6.42 Å². The Morgan fingerprint density at radius 1 is 0.840 bits per heavy atom. The lowest BCUT2D eigenvalue weighted by molar-refractivity contribution is -0.0151. The highest BCUT2D eigenvalue weighted by Gasteiger charge is 2.33. The van der Waals surface area contributed by atoms with Gasteiger partial charge in [-0.3, -0.25) is 9.80 Å². The summed E-state index contributed by atoms with van der Waals surface area (Å²) in [7, 11) is 0. The minimum absolute atomic E-state index is 0.269. The third-order valence-corrected chi connectivity index (χ3v) is 5.70. The molecular formula is C22H28N2O. The van der Waals surface area contributed by atoms with E-state index in [0.29, 0.717) is 6.04 Å². The number of nitrogens with zero attached hydrogens (tertiary/aromatic N) is 2. The summed E-state index contributed by atoms with van der Waals surface area (Å²) < 4.78 is 0. The van der Waals surface area contributed by atoms with Crippen molar-refractivity contribution in [3.8, 4) is 11.1 Å². The summed E-state index contributed by atoms with van der Waals surface area (Å²) in [6, 6.07) is 19.9. The van der Waals surface area contributed by atoms with Gasteiger partial charge in [-0.1, -0.05) is 54.6 Å². The van der Waals surface area contributed by atoms with Crippen molar-refractivity contribution in [2.24, 2.45) is 0 Å². The fraction of sp³-hybridized carbons (Fsp3) is 0.455. The Kier molecular flexibility index (Phi) is 5.16. The topological polar surface area (TPSA) is 26.7 Å². The van der Waals surface area contributed by atoms with Crippen molar-refractivity contribution in [3.05, 3.63) is 60.2 Å². The lowest BCUT2D eigenvalue weighted by atomic mass is 10.00. The lowest BCUT2D eigenvalue weighted by Gasteiger charge is -2.31. The molecule has 0 aromatic heterocycles. The molecule has 2 aliphatic heterocycles. The molecule has 0 amide bonds. The van der Waals surface area contributed by atoms with Crippen molar-refractivity contribution in [2.75, 3.05) is 19.8 Å². The third kappa shape index (κ3) is 3.95. The van der Waals surface area contributed by atoms with E-state index in [1.807, 2.05) is 0 Å². The van der Waals surface area contributed by atoms with Gasteiger partial charge in [-0.15, -0.1) is 0 Å². The zero-order valence-corrected chi connectivity index (χ0v) is 14.8. The summed E-state index contributed by atoms with van der Waals surface area (Å²) >= 11 is 0. The molecule has 25 heavy (non-hydrogen) atoms. The molecule has 0 radical (unpaired) electrons. The van der Waals surface area contributed by atoms with E-state index < -0.39 is 0 Å². The van der Waals surface area contributed by atoms with Gasteiger partial charge in [0.05, 0.1) is 6.67 Å². The Balaban J connectivity index is 1.42. The molecule has 0 spiro atoms. The molecule has 2 aromatic carbocycles. The van der Waals surface area contributed by atoms with Crippen LogP contribution in [-0.4, -0.2) is 46.9 Å². The van der Waals surface area contributed by atoms with Crippen molar-refractivity contribution in [1.29, 1.82) is 0 Å². The fourth-order valence-electron chi connectivity index (χ4n) is 4.24. The normalized spacial score (nSPS) is 24.8. The molecule has 4 rings (SSSR count). The minimum atomic E-state index is -0.269. The molecule has 2 saturated heterocycles. The van der Waals surface area contributed by atoms with Gasteiger partial charge in [0.15, 0.2) is 0 Å². The van der Waals surface area contributed by atoms with Gasteiger partial charge in [0.2, 0.25) is 0 Å². The van der Waals surface area contributed by atoms with Crippen LogP contribution in [0.5, 0.6) is 0 Å². The van der Waals surface area contributed by atoms with Gasteiger partial charge in [0.25, 0.3) is 0 Å². The van der Waals surface area contributed by atoms with Crippen molar-refractivity contribution in [2.45, 2.75) is 44.4 Å². The van der Waals surface area contributed by atoms with Gasteiger partial charge in [-0.2, -0.15) is 0 Å². The maximum Gasteiger partial charge on any atom is 0.108 e. The summed E-state index contributed by atoms with van der Waals surface area (Å²) in [6.45, 7) is 3.29. The van der Waals surface area contributed by atoms with E-state index in [1.54, 1.807) is 0 Å². The minimum Gasteiger partial charge on any atom is -0.378 e. The lowest BCUT2D eigenvalue weighted by Crippen LogP contribution is -2.44. The van der Waals surface area contributed by atoms with Gasteiger partial charge < -0.3 is 5.11 Å². The Morgan fingerprint density at radius 2 is 1.52 bits per heavy atom. The molecule has 2 aromatic rings. The first-order chi connectivity index (χ1) is 12.3. The number of hydrogen-bond donors (Lipinski definition) is 1. The first-order valence-corrected chi connectivity index (χ1v) is 9.60. The Bertz CT molecular complexity index is 664. The van der Waals surface area contributed by atoms with Gasteiger partial charge >= 0.3 is 0 Å². The number of aliphatic hydroxyl groups excluding tert-OH is 1. The zero-order chi connectivity index (χ0) is 17.1. The average Bonchev–Trinajstić information content (AvgIpc) is 3.29. The van der Waals surface area contributed by atoms with E-state index in [9.17, 15) is 5.11 Å². The molecule has 2 aliphatic rings. The second-order valence-electron chi connectivity index (χ2n) is 7.46. The van der Waals surface area contributed by atoms with E-state index in [-0.39, 0.29) is 6.23 Å². The summed E-state index contributed by atoms with van der Waals surface area (Å²) in [5, 5.41) is 10.4. The monoisotopic (exact) mass is 336 g/mol. The molecule has 0 aliphatic carbocycles. The Morgan fingerprint density at radius 3 is 2.24 bits per heavy atom. The number of likely N-dealkylation sites (tertiary alicyclic amines) is 2. The Labute approximate surface area is 150 Å². The smallest absolute Gasteiger partial charge is 0.108 e. The first kappa shape index (κ1) is 16.8. The van der Waals surface area contributed by atoms with Crippen LogP contribution >= 0.6 is 0 Å². The highest BCUT2D eigenvalue weighted by molar-refractivity contribution is 5.63. The zero-order valence-electron chi connectivity index (χ0n) is 14.8. The maximum absolute atomic E-state index is 10.4. The van der Waals surface area contributed by atoms with E-state index >= 15 is 0 Å². The predicted octanol–water partition coefficient (Wildman–Crippen LogP) is 3.73. The quantitative estimate of drug-likeness (QED) is 0.901. The molecule has 132 valence electrons. The molecule has 2 fully saturated rings. The second kappa shape index (κ2) is 7.69. The summed E-state index contributed by atoms with van der Waals surface area (Å²) in [4.78, 5) is 4.80. The van der Waals surface area contributed by atoms with Crippen LogP contribution < -0.4 is 0 Å². The van der Waals surface area contributed by atoms with Crippen molar-refractivity contribution < 1.29 is 5.11 Å². The molecule has 2 heterocycles. The van der Waals surface area contributed by atoms with E-state index in [0.717, 1.165) is 25.9 Å². The van der Waals surface area contributed by atoms with Crippen LogP contribution in [0.2, 0.25) is 0 Å². The highest BCUT2D eigenvalue weighted by atomic mass is 16.3. The standard InChI is InChI=1S/C22H28N2O/c25-22-13-12-21(24(22)17-23-14-4-5-15-23)16-18-8-10-20(11-9-18)19-6-2-1-3-7-19/h1-3,6-11,21-22,25H,4-5,12-17H2/t21-,22?/m0/s1. The summed E-state index contributed by atoms with van der Waals surface area (Å²) in [5.74, 6) is 0. The van der Waals surface area contributed by atoms with E-state index in [4.69, 9.17) is 0 Å². The van der Waals surface area contributed by atoms with Gasteiger partial charge in [0.1, 0.15) is 6.23 Å². The van der Waals surface area contributed by atoms with Gasteiger partial charge in [-0.25, -0.2) is 0 Å². The molecule has 0 bridgehead atoms. The summed E-state index contributed by atoms with van der Waals surface area (Å²) in [5.41, 5.74) is 3.90. The predicted molar refractivity (Wildman–Crippen MR) is 102 cm³/mol. The van der Waals surface area contributed by atoms with Crippen LogP contribution in [0.25, 0.3) is 11.1 Å². The van der Waals surface area contributed by atoms with Crippen LogP contribution in [0.15, 0.2) is 54.6 Å². The second-order valence-corrected chi connectivity index (χ2v) is 7.46. The molecule has 1 N–H and O–H groups in total. The fourth-order valence-corrected chi connectivity index (χ4v) is 4.24. The van der Waals surface area contributed by atoms with E-state index in [2.05, 4.69) is 64.4 Å². The molecule has 3 heteroatoms. The van der Waals surface area contributed by atoms with Crippen LogP contribution in [0.1, 0.15) is 31.2 Å². The van der Waals surface area contributed by atoms with Crippen LogP contribution in [0.4, 0.5) is 0 Å². The van der Waals surface area contributed by atoms with Crippen LogP contribution in [0.3, 0.4) is 0 Å². The van der Waals surface area contributed by atoms with Gasteiger partial charge in [-0.05, 0) is 61.9 Å². The first-order valence-electron chi connectivity index (χ1n) is 9.60. The molecule has 3 nitrogen and oxygen atoms in total. The largest absolute Gasteiger partial charge is 0.378 e. The van der Waals surface area contributed by atoms with Crippen molar-refractivity contribution in [3.63, 3.8) is 0 Å². The van der Waals surface area contributed by atoms with Crippen molar-refractivity contribution in [1.82, 2.24) is 9.80 Å². The van der Waals surface area contributed by atoms with Gasteiger partial charge in [0, 0.05) is 6.04 Å². The number of aliphatic hydroxyl groups is 1. The van der Waals surface area contributed by atoms with E-state index in [1.165, 1.54) is 42.6 Å². The number of benzene rings is 2. The number of rotatable bonds is 5. The Hall–Kier alpha value is -1.68. The highest BCUT2D eigenvalue weighted by Crippen LogP contribution is 2.27. The van der Waals surface area contributed by atoms with Crippen molar-refractivity contribution >= 4 is 0 Å². The average molecular weight is 336 g/mol. The summed E-state index contributed by atoms with van der Waals surface area (Å²) in [6.07, 6.45) is 5.36. The van der Waals surface area contributed by atoms with Crippen LogP contribution in [0, 0.1) is 0 Å².